The molecule has 0 aliphatic heterocycles. The summed E-state index contributed by atoms with van der Waals surface area (Å²) in [5.41, 5.74) is 1.85. The summed E-state index contributed by atoms with van der Waals surface area (Å²) in [6.45, 7) is 1.85. The fourth-order valence-corrected chi connectivity index (χ4v) is 5.20. The van der Waals surface area contributed by atoms with E-state index in [0.29, 0.717) is 14.8 Å². The third-order valence-electron chi connectivity index (χ3n) is 4.55. The largest absolute Gasteiger partial charge is 0.493 e. The standard InChI is InChI=1S/C24H18I2N2O5S/c1-15-7-9-18(10-8-15)34(30,31)33-23-20(26)12-16(13-22(23)32-2)11-17(14-27)24(29)28-21-6-4-3-5-19(21)25/h3-13H,1-2H3,(H,28,29)/b17-11-. The lowest BCUT2D eigenvalue weighted by atomic mass is 10.1. The zero-order valence-electron chi connectivity index (χ0n) is 18.0. The number of halogens is 2. The molecule has 0 radical (unpaired) electrons. The van der Waals surface area contributed by atoms with Crippen LogP contribution in [-0.2, 0) is 14.9 Å². The van der Waals surface area contributed by atoms with Crippen LogP contribution in [0, 0.1) is 25.4 Å². The molecule has 0 aromatic heterocycles. The first kappa shape index (κ1) is 26.0. The third kappa shape index (κ3) is 6.28. The van der Waals surface area contributed by atoms with E-state index in [1.807, 2.05) is 47.7 Å². The number of hydrogen-bond donors (Lipinski definition) is 1. The van der Waals surface area contributed by atoms with E-state index in [9.17, 15) is 18.5 Å². The molecule has 0 bridgehead atoms. The van der Waals surface area contributed by atoms with Crippen LogP contribution in [0.25, 0.3) is 6.08 Å². The van der Waals surface area contributed by atoms with Crippen LogP contribution in [0.3, 0.4) is 0 Å². The Morgan fingerprint density at radius 1 is 1.06 bits per heavy atom. The minimum absolute atomic E-state index is 0.0129. The highest BCUT2D eigenvalue weighted by atomic mass is 127. The smallest absolute Gasteiger partial charge is 0.339 e. The quantitative estimate of drug-likeness (QED) is 0.151. The van der Waals surface area contributed by atoms with Gasteiger partial charge in [-0.2, -0.15) is 13.7 Å². The maximum absolute atomic E-state index is 12.7. The third-order valence-corrected chi connectivity index (χ3v) is 7.53. The molecule has 0 saturated heterocycles. The fraction of sp³-hybridized carbons (Fsp3) is 0.0833. The van der Waals surface area contributed by atoms with Gasteiger partial charge in [-0.15, -0.1) is 0 Å². The molecular weight excluding hydrogens is 682 g/mol. The number of carbonyl (C=O) groups excluding carboxylic acids is 1. The van der Waals surface area contributed by atoms with E-state index in [4.69, 9.17) is 8.92 Å². The van der Waals surface area contributed by atoms with E-state index in [1.165, 1.54) is 31.4 Å². The van der Waals surface area contributed by atoms with Crippen LogP contribution in [-0.4, -0.2) is 21.4 Å². The topological polar surface area (TPSA) is 105 Å². The molecule has 0 unspecified atom stereocenters. The molecule has 3 aromatic carbocycles. The van der Waals surface area contributed by atoms with Crippen molar-refractivity contribution >= 4 is 73.0 Å². The minimum Gasteiger partial charge on any atom is -0.493 e. The number of anilines is 1. The monoisotopic (exact) mass is 700 g/mol. The lowest BCUT2D eigenvalue weighted by molar-refractivity contribution is -0.112. The highest BCUT2D eigenvalue weighted by molar-refractivity contribution is 14.1. The van der Waals surface area contributed by atoms with E-state index in [0.717, 1.165) is 9.13 Å². The van der Waals surface area contributed by atoms with Gasteiger partial charge in [0.15, 0.2) is 11.5 Å². The summed E-state index contributed by atoms with van der Waals surface area (Å²) in [7, 11) is -2.72. The summed E-state index contributed by atoms with van der Waals surface area (Å²) < 4.78 is 37.5. The highest BCUT2D eigenvalue weighted by Gasteiger charge is 2.22. The average molecular weight is 700 g/mol. The zero-order chi connectivity index (χ0) is 24.9. The number of hydrogen-bond acceptors (Lipinski definition) is 6. The van der Waals surface area contributed by atoms with Gasteiger partial charge in [-0.25, -0.2) is 0 Å². The summed E-state index contributed by atoms with van der Waals surface area (Å²) in [4.78, 5) is 12.6. The molecule has 34 heavy (non-hydrogen) atoms. The number of aryl methyl sites for hydroxylation is 1. The number of benzene rings is 3. The SMILES string of the molecule is COc1cc(/C=C(/C#N)C(=O)Nc2ccccc2I)cc(I)c1OS(=O)(=O)c1ccc(C)cc1. The van der Waals surface area contributed by atoms with Crippen LogP contribution < -0.4 is 14.2 Å². The van der Waals surface area contributed by atoms with Gasteiger partial charge in [0.1, 0.15) is 16.5 Å². The van der Waals surface area contributed by atoms with Crippen molar-refractivity contribution in [2.75, 3.05) is 12.4 Å². The van der Waals surface area contributed by atoms with Crippen LogP contribution in [0.4, 0.5) is 5.69 Å². The van der Waals surface area contributed by atoms with E-state index in [-0.39, 0.29) is 22.0 Å². The molecule has 7 nitrogen and oxygen atoms in total. The van der Waals surface area contributed by atoms with Gasteiger partial charge in [-0.05, 0) is 100 Å². The normalized spacial score (nSPS) is 11.4. The van der Waals surface area contributed by atoms with E-state index in [1.54, 1.807) is 30.3 Å². The predicted molar refractivity (Wildman–Crippen MR) is 146 cm³/mol. The first-order valence-electron chi connectivity index (χ1n) is 9.71. The molecule has 0 aliphatic carbocycles. The van der Waals surface area contributed by atoms with Crippen molar-refractivity contribution in [2.45, 2.75) is 11.8 Å². The summed E-state index contributed by atoms with van der Waals surface area (Å²) in [5.74, 6) is -0.408. The molecule has 1 amide bonds. The second-order valence-electron chi connectivity index (χ2n) is 6.99. The molecule has 0 saturated carbocycles. The predicted octanol–water partition coefficient (Wildman–Crippen LogP) is 5.53. The maximum Gasteiger partial charge on any atom is 0.339 e. The number of nitriles is 1. The fourth-order valence-electron chi connectivity index (χ4n) is 2.83. The number of rotatable bonds is 7. The van der Waals surface area contributed by atoms with Crippen molar-refractivity contribution in [3.8, 4) is 17.6 Å². The zero-order valence-corrected chi connectivity index (χ0v) is 23.1. The molecule has 0 atom stereocenters. The lowest BCUT2D eigenvalue weighted by Crippen LogP contribution is -2.14. The Labute approximate surface area is 225 Å². The number of amides is 1. The van der Waals surface area contributed by atoms with Gasteiger partial charge in [0.05, 0.1) is 16.4 Å². The van der Waals surface area contributed by atoms with Gasteiger partial charge >= 0.3 is 10.1 Å². The van der Waals surface area contributed by atoms with Crippen LogP contribution in [0.2, 0.25) is 0 Å². The van der Waals surface area contributed by atoms with E-state index >= 15 is 0 Å². The average Bonchev–Trinajstić information content (AvgIpc) is 2.80. The number of para-hydroxylation sites is 1. The molecule has 174 valence electrons. The van der Waals surface area contributed by atoms with E-state index < -0.39 is 16.0 Å². The Bertz CT molecular complexity index is 1410. The second kappa shape index (κ2) is 11.2. The van der Waals surface area contributed by atoms with Crippen LogP contribution in [0.5, 0.6) is 11.5 Å². The molecule has 3 aromatic rings. The summed E-state index contributed by atoms with van der Waals surface area (Å²) >= 11 is 4.00. The van der Waals surface area contributed by atoms with Gasteiger partial charge < -0.3 is 14.2 Å². The number of nitrogens with zero attached hydrogens (tertiary/aromatic N) is 1. The van der Waals surface area contributed by atoms with Crippen LogP contribution >= 0.6 is 45.2 Å². The van der Waals surface area contributed by atoms with Crippen molar-refractivity contribution in [1.29, 1.82) is 5.26 Å². The molecule has 3 rings (SSSR count). The van der Waals surface area contributed by atoms with Gasteiger partial charge in [-0.3, -0.25) is 4.79 Å². The molecule has 10 heteroatoms. The Balaban J connectivity index is 1.92. The number of nitrogens with one attached hydrogen (secondary N) is 1. The Morgan fingerprint density at radius 3 is 2.35 bits per heavy atom. The lowest BCUT2D eigenvalue weighted by Gasteiger charge is -2.14. The number of ether oxygens (including phenoxy) is 1. The van der Waals surface area contributed by atoms with Gasteiger partial charge in [0, 0.05) is 3.57 Å². The van der Waals surface area contributed by atoms with Crippen LogP contribution in [0.15, 0.2) is 71.1 Å². The molecular formula is C24H18I2N2O5S. The van der Waals surface area contributed by atoms with Crippen molar-refractivity contribution in [1.82, 2.24) is 0 Å². The first-order chi connectivity index (χ1) is 16.1. The highest BCUT2D eigenvalue weighted by Crippen LogP contribution is 2.36. The maximum atomic E-state index is 12.7. The van der Waals surface area contributed by atoms with Crippen molar-refractivity contribution < 1.29 is 22.1 Å². The molecule has 0 spiro atoms. The summed E-state index contributed by atoms with van der Waals surface area (Å²) in [6.07, 6.45) is 1.40. The van der Waals surface area contributed by atoms with Gasteiger partial charge in [0.25, 0.3) is 5.91 Å². The van der Waals surface area contributed by atoms with E-state index in [2.05, 4.69) is 27.9 Å². The number of carbonyl (C=O) groups is 1. The minimum atomic E-state index is -4.10. The van der Waals surface area contributed by atoms with Crippen molar-refractivity contribution in [3.05, 3.63) is 84.5 Å². The van der Waals surface area contributed by atoms with Crippen LogP contribution in [0.1, 0.15) is 11.1 Å². The molecule has 0 heterocycles. The van der Waals surface area contributed by atoms with Gasteiger partial charge in [0.2, 0.25) is 0 Å². The van der Waals surface area contributed by atoms with Crippen molar-refractivity contribution in [2.24, 2.45) is 0 Å². The second-order valence-corrected chi connectivity index (χ2v) is 10.9. The summed E-state index contributed by atoms with van der Waals surface area (Å²) in [6, 6.07) is 18.5. The van der Waals surface area contributed by atoms with Crippen molar-refractivity contribution in [3.63, 3.8) is 0 Å². The Kier molecular flexibility index (Phi) is 8.56. The Morgan fingerprint density at radius 2 is 1.74 bits per heavy atom. The summed E-state index contributed by atoms with van der Waals surface area (Å²) in [5, 5.41) is 12.3. The van der Waals surface area contributed by atoms with Gasteiger partial charge in [-0.1, -0.05) is 29.8 Å². The first-order valence-corrected chi connectivity index (χ1v) is 13.3. The molecule has 0 aliphatic rings. The number of methoxy groups -OCH3 is 1. The Hall–Kier alpha value is -2.63. The molecule has 1 N–H and O–H groups in total. The molecule has 0 fully saturated rings.